The zero-order valence-electron chi connectivity index (χ0n) is 19.5. The van der Waals surface area contributed by atoms with E-state index in [0.717, 1.165) is 40.8 Å². The molecule has 2 atom stereocenters. The van der Waals surface area contributed by atoms with Gasteiger partial charge in [-0.25, -0.2) is 8.60 Å². The Labute approximate surface area is 188 Å². The monoisotopic (exact) mass is 440 g/mol. The quantitative estimate of drug-likeness (QED) is 0.573. The van der Waals surface area contributed by atoms with E-state index in [4.69, 9.17) is 0 Å². The highest BCUT2D eigenvalue weighted by atomic mass is 32.2. The summed E-state index contributed by atoms with van der Waals surface area (Å²) >= 11 is 0. The van der Waals surface area contributed by atoms with Gasteiger partial charge >= 0.3 is 0 Å². The molecule has 1 heterocycles. The second-order valence-corrected chi connectivity index (χ2v) is 11.3. The Morgan fingerprint density at radius 1 is 1.19 bits per heavy atom. The van der Waals surface area contributed by atoms with Crippen molar-refractivity contribution in [1.82, 2.24) is 4.90 Å². The van der Waals surface area contributed by atoms with E-state index in [0.29, 0.717) is 12.0 Å². The number of anilines is 1. The molecule has 2 aromatic rings. The molecule has 31 heavy (non-hydrogen) atoms. The first-order valence-corrected chi connectivity index (χ1v) is 12.5. The Morgan fingerprint density at radius 2 is 1.94 bits per heavy atom. The van der Waals surface area contributed by atoms with Crippen molar-refractivity contribution in [2.75, 3.05) is 31.2 Å². The molecule has 0 amide bonds. The highest BCUT2D eigenvalue weighted by molar-refractivity contribution is 7.85. The number of hydrogen-bond donors (Lipinski definition) is 0. The third-order valence-electron chi connectivity index (χ3n) is 6.62. The third-order valence-corrected chi connectivity index (χ3v) is 7.62. The Hall–Kier alpha value is -1.98. The fraction of sp³-hybridized carbons (Fsp3) is 0.462. The fourth-order valence-corrected chi connectivity index (χ4v) is 6.00. The van der Waals surface area contributed by atoms with Crippen molar-refractivity contribution in [3.63, 3.8) is 0 Å². The van der Waals surface area contributed by atoms with E-state index < -0.39 is 11.0 Å². The molecular formula is C26H33FN2OS. The second-order valence-electron chi connectivity index (χ2n) is 10.0. The van der Waals surface area contributed by atoms with Gasteiger partial charge in [-0.15, -0.1) is 0 Å². The Bertz CT molecular complexity index is 1070. The second kappa shape index (κ2) is 8.18. The van der Waals surface area contributed by atoms with Crippen LogP contribution in [0.4, 0.5) is 10.1 Å². The molecule has 2 aromatic carbocycles. The summed E-state index contributed by atoms with van der Waals surface area (Å²) in [6.07, 6.45) is 7.41. The van der Waals surface area contributed by atoms with Crippen LogP contribution >= 0.6 is 0 Å². The van der Waals surface area contributed by atoms with Gasteiger partial charge in [0.05, 0.1) is 11.7 Å². The smallest absolute Gasteiger partial charge is 0.123 e. The van der Waals surface area contributed by atoms with Gasteiger partial charge in [-0.1, -0.05) is 26.0 Å². The molecule has 0 saturated carbocycles. The van der Waals surface area contributed by atoms with Crippen LogP contribution in [-0.4, -0.2) is 36.0 Å². The molecule has 0 N–H and O–H groups in total. The van der Waals surface area contributed by atoms with Gasteiger partial charge in [0, 0.05) is 18.4 Å². The summed E-state index contributed by atoms with van der Waals surface area (Å²) in [6.45, 7) is 7.42. The lowest BCUT2D eigenvalue weighted by atomic mass is 9.76. The van der Waals surface area contributed by atoms with Crippen molar-refractivity contribution in [3.05, 3.63) is 58.9 Å². The van der Waals surface area contributed by atoms with E-state index in [9.17, 15) is 8.60 Å². The summed E-state index contributed by atoms with van der Waals surface area (Å²) in [5.41, 5.74) is 8.11. The Kier molecular flexibility index (Phi) is 5.86. The van der Waals surface area contributed by atoms with Gasteiger partial charge in [-0.05, 0) is 97.8 Å². The zero-order valence-corrected chi connectivity index (χ0v) is 20.3. The number of nitrogens with zero attached hydrogens (tertiary/aromatic N) is 2. The summed E-state index contributed by atoms with van der Waals surface area (Å²) < 4.78 is 29.3. The first kappa shape index (κ1) is 22.2. The normalized spacial score (nSPS) is 20.8. The molecule has 0 radical (unpaired) electrons. The number of rotatable bonds is 4. The van der Waals surface area contributed by atoms with Crippen LogP contribution in [0, 0.1) is 18.2 Å². The van der Waals surface area contributed by atoms with Crippen molar-refractivity contribution in [3.8, 4) is 11.1 Å². The standard InChI is InChI=1S/C26H33FN2OS/c1-17-13-19(18-9-11-26(2,3)12-10-18)14-23-21-8-7-20(27)15-22(21)24(16-28(4)5)29(25(17)23)31(6)30/h7-9,13-15,24H,10-12,16H2,1-6H3. The lowest BCUT2D eigenvalue weighted by Crippen LogP contribution is -2.39. The molecule has 4 rings (SSSR count). The maximum Gasteiger partial charge on any atom is 0.123 e. The highest BCUT2D eigenvalue weighted by Crippen LogP contribution is 2.49. The van der Waals surface area contributed by atoms with E-state index in [1.807, 2.05) is 24.5 Å². The largest absolute Gasteiger partial charge is 0.307 e. The molecule has 0 aromatic heterocycles. The summed E-state index contributed by atoms with van der Waals surface area (Å²) in [4.78, 5) is 2.07. The molecule has 0 bridgehead atoms. The predicted molar refractivity (Wildman–Crippen MR) is 130 cm³/mol. The summed E-state index contributed by atoms with van der Waals surface area (Å²) in [5, 5.41) is 0. The van der Waals surface area contributed by atoms with Gasteiger partial charge < -0.3 is 4.90 Å². The van der Waals surface area contributed by atoms with Crippen molar-refractivity contribution in [2.24, 2.45) is 5.41 Å². The molecule has 0 fully saturated rings. The molecule has 5 heteroatoms. The van der Waals surface area contributed by atoms with Crippen molar-refractivity contribution >= 4 is 22.2 Å². The molecule has 2 aliphatic rings. The van der Waals surface area contributed by atoms with Crippen LogP contribution in [0.15, 0.2) is 36.4 Å². The average molecular weight is 441 g/mol. The minimum atomic E-state index is -1.24. The van der Waals surface area contributed by atoms with Crippen molar-refractivity contribution in [2.45, 2.75) is 46.1 Å². The number of benzene rings is 2. The fourth-order valence-electron chi connectivity index (χ4n) is 4.96. The van der Waals surface area contributed by atoms with Gasteiger partial charge in [0.1, 0.15) is 16.8 Å². The summed E-state index contributed by atoms with van der Waals surface area (Å²) in [6, 6.07) is 9.36. The maximum atomic E-state index is 14.3. The van der Waals surface area contributed by atoms with E-state index >= 15 is 0 Å². The predicted octanol–water partition coefficient (Wildman–Crippen LogP) is 6.11. The van der Waals surface area contributed by atoms with E-state index in [1.54, 1.807) is 12.3 Å². The van der Waals surface area contributed by atoms with Crippen molar-refractivity contribution in [1.29, 1.82) is 0 Å². The maximum absolute atomic E-state index is 14.3. The first-order chi connectivity index (χ1) is 14.6. The summed E-state index contributed by atoms with van der Waals surface area (Å²) in [5.74, 6) is -0.252. The minimum absolute atomic E-state index is 0.168. The van der Waals surface area contributed by atoms with Crippen LogP contribution in [0.3, 0.4) is 0 Å². The van der Waals surface area contributed by atoms with E-state index in [-0.39, 0.29) is 11.9 Å². The molecule has 2 unspecified atom stereocenters. The number of aryl methyl sites for hydroxylation is 1. The first-order valence-electron chi connectivity index (χ1n) is 11.0. The van der Waals surface area contributed by atoms with E-state index in [1.165, 1.54) is 23.6 Å². The molecular weight excluding hydrogens is 407 g/mol. The topological polar surface area (TPSA) is 23.6 Å². The van der Waals surface area contributed by atoms with Crippen LogP contribution in [0.5, 0.6) is 0 Å². The van der Waals surface area contributed by atoms with Crippen LogP contribution in [0.2, 0.25) is 0 Å². The van der Waals surface area contributed by atoms with Gasteiger partial charge in [0.15, 0.2) is 0 Å². The molecule has 166 valence electrons. The SMILES string of the molecule is Cc1cc(C2=CCC(C)(C)CC2)cc2c1N(S(C)=O)C(CN(C)C)c1cc(F)ccc1-2. The number of hydrogen-bond acceptors (Lipinski definition) is 2. The molecule has 0 saturated heterocycles. The van der Waals surface area contributed by atoms with E-state index in [2.05, 4.69) is 43.9 Å². The summed E-state index contributed by atoms with van der Waals surface area (Å²) in [7, 11) is 2.76. The molecule has 0 spiro atoms. The number of likely N-dealkylation sites (N-methyl/N-ethyl adjacent to an activating group) is 1. The minimum Gasteiger partial charge on any atom is -0.307 e. The lowest BCUT2D eigenvalue weighted by molar-refractivity contribution is 0.335. The van der Waals surface area contributed by atoms with Crippen LogP contribution < -0.4 is 4.31 Å². The Morgan fingerprint density at radius 3 is 2.55 bits per heavy atom. The highest BCUT2D eigenvalue weighted by Gasteiger charge is 2.35. The number of fused-ring (bicyclic) bond motifs is 3. The zero-order chi connectivity index (χ0) is 22.5. The molecule has 1 aliphatic heterocycles. The van der Waals surface area contributed by atoms with Crippen LogP contribution in [0.1, 0.15) is 55.8 Å². The third kappa shape index (κ3) is 4.22. The number of halogens is 1. The molecule has 3 nitrogen and oxygen atoms in total. The van der Waals surface area contributed by atoms with Gasteiger partial charge in [-0.2, -0.15) is 0 Å². The molecule has 1 aliphatic carbocycles. The average Bonchev–Trinajstić information content (AvgIpc) is 2.67. The van der Waals surface area contributed by atoms with Crippen molar-refractivity contribution < 1.29 is 8.60 Å². The van der Waals surface area contributed by atoms with Gasteiger partial charge in [0.2, 0.25) is 0 Å². The lowest BCUT2D eigenvalue weighted by Gasteiger charge is -2.40. The number of allylic oxidation sites excluding steroid dienone is 2. The van der Waals surface area contributed by atoms with Crippen LogP contribution in [-0.2, 0) is 11.0 Å². The van der Waals surface area contributed by atoms with Crippen LogP contribution in [0.25, 0.3) is 16.7 Å². The Balaban J connectivity index is 1.92. The van der Waals surface area contributed by atoms with Gasteiger partial charge in [-0.3, -0.25) is 4.31 Å². The van der Waals surface area contributed by atoms with Gasteiger partial charge in [0.25, 0.3) is 0 Å².